The third-order valence-corrected chi connectivity index (χ3v) is 5.78. The Kier molecular flexibility index (Phi) is 3.77. The molecule has 1 saturated heterocycles. The van der Waals surface area contributed by atoms with Crippen LogP contribution >= 0.6 is 0 Å². The summed E-state index contributed by atoms with van der Waals surface area (Å²) in [7, 11) is 0. The van der Waals surface area contributed by atoms with E-state index in [1.807, 2.05) is 6.07 Å². The highest BCUT2D eigenvalue weighted by Crippen LogP contribution is 2.41. The van der Waals surface area contributed by atoms with Crippen molar-refractivity contribution >= 4 is 11.9 Å². The first-order valence-corrected chi connectivity index (χ1v) is 9.45. The zero-order valence-electron chi connectivity index (χ0n) is 15.1. The first-order valence-electron chi connectivity index (χ1n) is 9.45. The van der Waals surface area contributed by atoms with E-state index in [0.717, 1.165) is 60.8 Å². The van der Waals surface area contributed by atoms with E-state index in [1.165, 1.54) is 12.8 Å². The Morgan fingerprint density at radius 3 is 2.92 bits per heavy atom. The van der Waals surface area contributed by atoms with Gasteiger partial charge in [0.15, 0.2) is 0 Å². The molecule has 1 atom stereocenters. The summed E-state index contributed by atoms with van der Waals surface area (Å²) in [5, 5.41) is 3.45. The van der Waals surface area contributed by atoms with E-state index in [9.17, 15) is 0 Å². The fraction of sp³-hybridized carbons (Fsp3) is 0.579. The second-order valence-corrected chi connectivity index (χ2v) is 7.78. The first-order chi connectivity index (χ1) is 12.7. The van der Waals surface area contributed by atoms with Crippen LogP contribution in [-0.2, 0) is 16.8 Å². The van der Waals surface area contributed by atoms with Gasteiger partial charge in [-0.1, -0.05) is 0 Å². The fourth-order valence-electron chi connectivity index (χ4n) is 4.07. The van der Waals surface area contributed by atoms with Crippen molar-refractivity contribution in [2.45, 2.75) is 38.2 Å². The SMILES string of the molecule is Cc1nc(NCC2CC2)nc2c1COCC21CCN(c2ncccn2)C1. The van der Waals surface area contributed by atoms with Gasteiger partial charge in [0, 0.05) is 43.3 Å². The highest BCUT2D eigenvalue weighted by atomic mass is 16.5. The molecule has 1 N–H and O–H groups in total. The summed E-state index contributed by atoms with van der Waals surface area (Å²) < 4.78 is 5.98. The number of hydrogen-bond donors (Lipinski definition) is 1. The van der Waals surface area contributed by atoms with Gasteiger partial charge in [-0.15, -0.1) is 0 Å². The van der Waals surface area contributed by atoms with Crippen molar-refractivity contribution in [2.24, 2.45) is 5.92 Å². The van der Waals surface area contributed by atoms with Gasteiger partial charge in [0.25, 0.3) is 0 Å². The lowest BCUT2D eigenvalue weighted by Gasteiger charge is -2.35. The Balaban J connectivity index is 1.46. The second-order valence-electron chi connectivity index (χ2n) is 7.78. The lowest BCUT2D eigenvalue weighted by Crippen LogP contribution is -2.41. The molecule has 0 aromatic carbocycles. The Morgan fingerprint density at radius 2 is 2.12 bits per heavy atom. The van der Waals surface area contributed by atoms with Gasteiger partial charge in [0.2, 0.25) is 11.9 Å². The van der Waals surface area contributed by atoms with Crippen LogP contribution in [0, 0.1) is 12.8 Å². The number of fused-ring (bicyclic) bond motifs is 2. The quantitative estimate of drug-likeness (QED) is 0.903. The molecule has 136 valence electrons. The smallest absolute Gasteiger partial charge is 0.225 e. The molecular weight excluding hydrogens is 328 g/mol. The van der Waals surface area contributed by atoms with Crippen LogP contribution in [0.15, 0.2) is 18.5 Å². The number of aromatic nitrogens is 4. The molecule has 7 nitrogen and oxygen atoms in total. The van der Waals surface area contributed by atoms with Gasteiger partial charge in [0.1, 0.15) is 0 Å². The van der Waals surface area contributed by atoms with Gasteiger partial charge in [0.05, 0.1) is 24.3 Å². The number of nitrogens with one attached hydrogen (secondary N) is 1. The molecule has 2 fully saturated rings. The van der Waals surface area contributed by atoms with E-state index in [0.29, 0.717) is 13.2 Å². The minimum atomic E-state index is -0.101. The molecule has 4 heterocycles. The number of hydrogen-bond acceptors (Lipinski definition) is 7. The van der Waals surface area contributed by atoms with E-state index in [1.54, 1.807) is 12.4 Å². The average molecular weight is 352 g/mol. The molecule has 2 aliphatic heterocycles. The molecule has 0 bridgehead atoms. The maximum Gasteiger partial charge on any atom is 0.225 e. The minimum Gasteiger partial charge on any atom is -0.376 e. The lowest BCUT2D eigenvalue weighted by molar-refractivity contribution is 0.0552. The zero-order chi connectivity index (χ0) is 17.6. The van der Waals surface area contributed by atoms with Gasteiger partial charge < -0.3 is 15.0 Å². The normalized spacial score (nSPS) is 24.7. The predicted octanol–water partition coefficient (Wildman–Crippen LogP) is 2.08. The highest BCUT2D eigenvalue weighted by molar-refractivity contribution is 5.44. The minimum absolute atomic E-state index is 0.101. The summed E-state index contributed by atoms with van der Waals surface area (Å²) in [6, 6.07) is 1.85. The fourth-order valence-corrected chi connectivity index (χ4v) is 4.07. The molecular formula is C19H24N6O. The van der Waals surface area contributed by atoms with Crippen molar-refractivity contribution < 1.29 is 4.74 Å². The number of aryl methyl sites for hydroxylation is 1. The maximum atomic E-state index is 5.98. The molecule has 2 aromatic rings. The molecule has 1 aliphatic carbocycles. The van der Waals surface area contributed by atoms with E-state index in [4.69, 9.17) is 9.72 Å². The van der Waals surface area contributed by atoms with Crippen LogP contribution in [0.4, 0.5) is 11.9 Å². The molecule has 2 aromatic heterocycles. The molecule has 3 aliphatic rings. The zero-order valence-corrected chi connectivity index (χ0v) is 15.1. The summed E-state index contributed by atoms with van der Waals surface area (Å²) in [6.07, 6.45) is 7.23. The van der Waals surface area contributed by atoms with E-state index >= 15 is 0 Å². The van der Waals surface area contributed by atoms with E-state index in [2.05, 4.69) is 32.1 Å². The van der Waals surface area contributed by atoms with Gasteiger partial charge >= 0.3 is 0 Å². The van der Waals surface area contributed by atoms with E-state index in [-0.39, 0.29) is 5.41 Å². The first kappa shape index (κ1) is 15.9. The van der Waals surface area contributed by atoms with Crippen LogP contribution in [0.1, 0.15) is 36.2 Å². The summed E-state index contributed by atoms with van der Waals surface area (Å²) in [6.45, 7) is 6.10. The number of anilines is 2. The molecule has 0 radical (unpaired) electrons. The molecule has 7 heteroatoms. The maximum absolute atomic E-state index is 5.98. The molecule has 1 spiro atoms. The Bertz CT molecular complexity index is 809. The molecule has 1 saturated carbocycles. The van der Waals surface area contributed by atoms with Gasteiger partial charge in [-0.05, 0) is 38.2 Å². The second kappa shape index (κ2) is 6.16. The molecule has 26 heavy (non-hydrogen) atoms. The van der Waals surface area contributed by atoms with Crippen LogP contribution < -0.4 is 10.2 Å². The lowest BCUT2D eigenvalue weighted by atomic mass is 9.80. The van der Waals surface area contributed by atoms with E-state index < -0.39 is 0 Å². The number of ether oxygens (including phenoxy) is 1. The van der Waals surface area contributed by atoms with Crippen molar-refractivity contribution in [3.63, 3.8) is 0 Å². The monoisotopic (exact) mass is 352 g/mol. The Morgan fingerprint density at radius 1 is 1.27 bits per heavy atom. The summed E-state index contributed by atoms with van der Waals surface area (Å²) in [5.41, 5.74) is 3.25. The van der Waals surface area contributed by atoms with Crippen molar-refractivity contribution in [3.8, 4) is 0 Å². The highest BCUT2D eigenvalue weighted by Gasteiger charge is 2.46. The summed E-state index contributed by atoms with van der Waals surface area (Å²) >= 11 is 0. The summed E-state index contributed by atoms with van der Waals surface area (Å²) in [4.78, 5) is 20.7. The Labute approximate surface area is 153 Å². The summed E-state index contributed by atoms with van der Waals surface area (Å²) in [5.74, 6) is 2.35. The van der Waals surface area contributed by atoms with Crippen LogP contribution in [0.25, 0.3) is 0 Å². The topological polar surface area (TPSA) is 76.1 Å². The predicted molar refractivity (Wildman–Crippen MR) is 98.2 cm³/mol. The number of nitrogens with zero attached hydrogens (tertiary/aromatic N) is 5. The standard InChI is InChI=1S/C19H24N6O/c1-13-15-10-26-12-19(5-8-25(11-19)18-20-6-2-7-21-18)16(15)24-17(23-13)22-9-14-3-4-14/h2,6-7,14H,3-5,8-12H2,1H3,(H,22,23,24). The van der Waals surface area contributed by atoms with Crippen molar-refractivity contribution in [3.05, 3.63) is 35.4 Å². The molecule has 1 unspecified atom stereocenters. The third-order valence-electron chi connectivity index (χ3n) is 5.78. The largest absolute Gasteiger partial charge is 0.376 e. The van der Waals surface area contributed by atoms with Crippen molar-refractivity contribution in [1.82, 2.24) is 19.9 Å². The van der Waals surface area contributed by atoms with Crippen LogP contribution in [0.3, 0.4) is 0 Å². The Hall–Kier alpha value is -2.28. The average Bonchev–Trinajstić information content (AvgIpc) is 3.41. The van der Waals surface area contributed by atoms with Gasteiger partial charge in [-0.25, -0.2) is 19.9 Å². The molecule has 0 amide bonds. The van der Waals surface area contributed by atoms with Gasteiger partial charge in [-0.2, -0.15) is 0 Å². The van der Waals surface area contributed by atoms with Crippen LogP contribution in [-0.4, -0.2) is 46.2 Å². The van der Waals surface area contributed by atoms with Crippen LogP contribution in [0.5, 0.6) is 0 Å². The van der Waals surface area contributed by atoms with Gasteiger partial charge in [-0.3, -0.25) is 0 Å². The van der Waals surface area contributed by atoms with Crippen LogP contribution in [0.2, 0.25) is 0 Å². The third kappa shape index (κ3) is 2.80. The number of rotatable bonds is 4. The van der Waals surface area contributed by atoms with Crippen molar-refractivity contribution in [2.75, 3.05) is 36.5 Å². The molecule has 5 rings (SSSR count). The van der Waals surface area contributed by atoms with Crippen molar-refractivity contribution in [1.29, 1.82) is 0 Å².